The lowest BCUT2D eigenvalue weighted by atomic mass is 10.1. The van der Waals surface area contributed by atoms with Gasteiger partial charge in [-0.2, -0.15) is 0 Å². The summed E-state index contributed by atoms with van der Waals surface area (Å²) < 4.78 is 23.8. The molecule has 0 spiro atoms. The molecule has 1 aliphatic rings. The zero-order chi connectivity index (χ0) is 18.5. The smallest absolute Gasteiger partial charge is 0.344 e. The quantitative estimate of drug-likeness (QED) is 0.782. The molecule has 2 aromatic rings. The molecule has 0 aromatic heterocycles. The Balaban J connectivity index is 1.43. The van der Waals surface area contributed by atoms with E-state index in [-0.39, 0.29) is 17.3 Å². The van der Waals surface area contributed by atoms with Gasteiger partial charge in [0, 0.05) is 5.02 Å². The van der Waals surface area contributed by atoms with Crippen molar-refractivity contribution < 1.29 is 23.5 Å². The van der Waals surface area contributed by atoms with E-state index < -0.39 is 24.3 Å². The number of carbonyl (C=O) groups is 2. The van der Waals surface area contributed by atoms with Crippen molar-refractivity contribution in [3.05, 3.63) is 58.4 Å². The van der Waals surface area contributed by atoms with Crippen LogP contribution in [0.3, 0.4) is 0 Å². The van der Waals surface area contributed by atoms with Crippen molar-refractivity contribution in [2.75, 3.05) is 18.5 Å². The van der Waals surface area contributed by atoms with E-state index in [9.17, 15) is 14.0 Å². The van der Waals surface area contributed by atoms with Crippen LogP contribution in [0.2, 0.25) is 5.02 Å². The van der Waals surface area contributed by atoms with Crippen molar-refractivity contribution in [3.63, 3.8) is 0 Å². The number of anilines is 1. The minimum absolute atomic E-state index is 0.0760. The summed E-state index contributed by atoms with van der Waals surface area (Å²) in [5.74, 6) is -1.40. The molecule has 0 atom stereocenters. The van der Waals surface area contributed by atoms with Gasteiger partial charge in [0.25, 0.3) is 5.91 Å². The van der Waals surface area contributed by atoms with E-state index >= 15 is 0 Å². The Morgan fingerprint density at radius 2 is 1.88 bits per heavy atom. The number of fused-ring (bicyclic) bond motifs is 1. The van der Waals surface area contributed by atoms with E-state index in [4.69, 9.17) is 21.1 Å². The number of nitrogens with one attached hydrogen (secondary N) is 1. The van der Waals surface area contributed by atoms with Gasteiger partial charge in [-0.05, 0) is 60.7 Å². The van der Waals surface area contributed by atoms with E-state index in [0.717, 1.165) is 25.3 Å². The molecule has 0 unspecified atom stereocenters. The van der Waals surface area contributed by atoms with Gasteiger partial charge in [0.2, 0.25) is 0 Å². The molecule has 1 aliphatic carbocycles. The van der Waals surface area contributed by atoms with E-state index in [1.807, 2.05) is 18.2 Å². The van der Waals surface area contributed by atoms with Gasteiger partial charge in [0.1, 0.15) is 11.6 Å². The standard InChI is InChI=1S/C19H17ClFNO4/c20-14-5-7-16(21)17(9-14)22-18(23)10-26-19(24)11-25-15-6-4-12-2-1-3-13(12)8-15/h4-9H,1-3,10-11H2,(H,22,23). The van der Waals surface area contributed by atoms with Crippen LogP contribution in [0.4, 0.5) is 10.1 Å². The van der Waals surface area contributed by atoms with Crippen LogP contribution >= 0.6 is 11.6 Å². The molecular weight excluding hydrogens is 361 g/mol. The van der Waals surface area contributed by atoms with Crippen molar-refractivity contribution in [2.45, 2.75) is 19.3 Å². The van der Waals surface area contributed by atoms with Gasteiger partial charge >= 0.3 is 5.97 Å². The monoisotopic (exact) mass is 377 g/mol. The summed E-state index contributed by atoms with van der Waals surface area (Å²) in [6.07, 6.45) is 3.21. The first-order valence-electron chi connectivity index (χ1n) is 8.16. The number of carbonyl (C=O) groups excluding carboxylic acids is 2. The van der Waals surface area contributed by atoms with Crippen molar-refractivity contribution in [2.24, 2.45) is 0 Å². The van der Waals surface area contributed by atoms with Crippen LogP contribution in [0.25, 0.3) is 0 Å². The zero-order valence-corrected chi connectivity index (χ0v) is 14.6. The Bertz CT molecular complexity index is 840. The van der Waals surface area contributed by atoms with E-state index in [0.29, 0.717) is 5.75 Å². The molecule has 1 N–H and O–H groups in total. The van der Waals surface area contributed by atoms with Crippen LogP contribution in [0.1, 0.15) is 17.5 Å². The third kappa shape index (κ3) is 4.73. The van der Waals surface area contributed by atoms with Crippen LogP contribution in [0, 0.1) is 5.82 Å². The van der Waals surface area contributed by atoms with E-state index in [2.05, 4.69) is 5.32 Å². The third-order valence-corrected chi connectivity index (χ3v) is 4.23. The fourth-order valence-electron chi connectivity index (χ4n) is 2.75. The van der Waals surface area contributed by atoms with Crippen LogP contribution in [-0.4, -0.2) is 25.1 Å². The highest BCUT2D eigenvalue weighted by atomic mass is 35.5. The van der Waals surface area contributed by atoms with Gasteiger partial charge < -0.3 is 14.8 Å². The molecule has 26 heavy (non-hydrogen) atoms. The highest BCUT2D eigenvalue weighted by Crippen LogP contribution is 2.26. The summed E-state index contributed by atoms with van der Waals surface area (Å²) in [6, 6.07) is 9.50. The summed E-state index contributed by atoms with van der Waals surface area (Å²) in [6.45, 7) is -0.851. The molecule has 0 heterocycles. The van der Waals surface area contributed by atoms with Gasteiger partial charge in [-0.25, -0.2) is 9.18 Å². The van der Waals surface area contributed by atoms with Crippen LogP contribution < -0.4 is 10.1 Å². The average molecular weight is 378 g/mol. The molecule has 0 saturated carbocycles. The normalized spacial score (nSPS) is 12.4. The van der Waals surface area contributed by atoms with Crippen molar-refractivity contribution in [1.29, 1.82) is 0 Å². The number of ether oxygens (including phenoxy) is 2. The van der Waals surface area contributed by atoms with Gasteiger partial charge in [-0.15, -0.1) is 0 Å². The molecule has 0 fully saturated rings. The highest BCUT2D eigenvalue weighted by molar-refractivity contribution is 6.30. The van der Waals surface area contributed by atoms with Gasteiger partial charge in [0.15, 0.2) is 13.2 Å². The Kier molecular flexibility index (Phi) is 5.73. The summed E-state index contributed by atoms with van der Waals surface area (Å²) in [5.41, 5.74) is 2.47. The van der Waals surface area contributed by atoms with Crippen molar-refractivity contribution in [1.82, 2.24) is 0 Å². The minimum atomic E-state index is -0.688. The molecule has 0 aliphatic heterocycles. The Hall–Kier alpha value is -2.60. The van der Waals surface area contributed by atoms with Crippen LogP contribution in [0.15, 0.2) is 36.4 Å². The zero-order valence-electron chi connectivity index (χ0n) is 13.9. The maximum Gasteiger partial charge on any atom is 0.344 e. The molecule has 0 radical (unpaired) electrons. The first kappa shape index (κ1) is 18.2. The number of aryl methyl sites for hydroxylation is 2. The van der Waals surface area contributed by atoms with Gasteiger partial charge in [0.05, 0.1) is 5.69 Å². The van der Waals surface area contributed by atoms with E-state index in [1.165, 1.54) is 23.3 Å². The first-order chi connectivity index (χ1) is 12.5. The lowest BCUT2D eigenvalue weighted by Crippen LogP contribution is -2.24. The number of esters is 1. The second kappa shape index (κ2) is 8.19. The number of benzene rings is 2. The lowest BCUT2D eigenvalue weighted by molar-refractivity contribution is -0.149. The summed E-state index contributed by atoms with van der Waals surface area (Å²) >= 11 is 5.74. The number of halogens is 2. The molecule has 0 saturated heterocycles. The van der Waals surface area contributed by atoms with E-state index in [1.54, 1.807) is 0 Å². The second-order valence-corrected chi connectivity index (χ2v) is 6.34. The predicted octanol–water partition coefficient (Wildman–Crippen LogP) is 3.53. The molecular formula is C19H17ClFNO4. The Morgan fingerprint density at radius 1 is 1.08 bits per heavy atom. The molecule has 2 aromatic carbocycles. The Morgan fingerprint density at radius 3 is 2.73 bits per heavy atom. The summed E-state index contributed by atoms with van der Waals surface area (Å²) in [5, 5.41) is 2.57. The molecule has 1 amide bonds. The SMILES string of the molecule is O=C(COC(=O)COc1ccc2c(c1)CCC2)Nc1cc(Cl)ccc1F. The molecule has 7 heteroatoms. The second-order valence-electron chi connectivity index (χ2n) is 5.91. The maximum atomic E-state index is 13.5. The van der Waals surface area contributed by atoms with Gasteiger partial charge in [-0.3, -0.25) is 4.79 Å². The summed E-state index contributed by atoms with van der Waals surface area (Å²) in [4.78, 5) is 23.4. The minimum Gasteiger partial charge on any atom is -0.482 e. The lowest BCUT2D eigenvalue weighted by Gasteiger charge is -2.09. The number of hydrogen-bond donors (Lipinski definition) is 1. The average Bonchev–Trinajstić information content (AvgIpc) is 3.09. The topological polar surface area (TPSA) is 64.6 Å². The molecule has 0 bridgehead atoms. The maximum absolute atomic E-state index is 13.5. The van der Waals surface area contributed by atoms with Crippen molar-refractivity contribution in [3.8, 4) is 5.75 Å². The van der Waals surface area contributed by atoms with Crippen LogP contribution in [-0.2, 0) is 27.2 Å². The third-order valence-electron chi connectivity index (χ3n) is 3.99. The number of rotatable bonds is 6. The highest BCUT2D eigenvalue weighted by Gasteiger charge is 2.13. The fourth-order valence-corrected chi connectivity index (χ4v) is 2.92. The predicted molar refractivity (Wildman–Crippen MR) is 95.0 cm³/mol. The molecule has 5 nitrogen and oxygen atoms in total. The van der Waals surface area contributed by atoms with Crippen LogP contribution in [0.5, 0.6) is 5.75 Å². The molecule has 136 valence electrons. The summed E-state index contributed by atoms with van der Waals surface area (Å²) in [7, 11) is 0. The fraction of sp³-hybridized carbons (Fsp3) is 0.263. The largest absolute Gasteiger partial charge is 0.482 e. The first-order valence-corrected chi connectivity index (χ1v) is 8.54. The number of amides is 1. The van der Waals surface area contributed by atoms with Crippen molar-refractivity contribution >= 4 is 29.2 Å². The number of hydrogen-bond acceptors (Lipinski definition) is 4. The van der Waals surface area contributed by atoms with Gasteiger partial charge in [-0.1, -0.05) is 17.7 Å². The molecule has 3 rings (SSSR count). The Labute approximate surface area is 155 Å².